The zero-order valence-corrected chi connectivity index (χ0v) is 22.4. The highest BCUT2D eigenvalue weighted by atomic mass is 79.9. The van der Waals surface area contributed by atoms with Crippen LogP contribution in [-0.4, -0.2) is 71.1 Å². The maximum absolute atomic E-state index is 15.3. The van der Waals surface area contributed by atoms with E-state index < -0.39 is 11.4 Å². The molecule has 3 saturated heterocycles. The number of piperazine rings is 1. The van der Waals surface area contributed by atoms with Crippen molar-refractivity contribution >= 4 is 50.3 Å². The van der Waals surface area contributed by atoms with Crippen LogP contribution in [0.25, 0.3) is 10.9 Å². The van der Waals surface area contributed by atoms with Gasteiger partial charge >= 0.3 is 12.1 Å². The molecule has 0 saturated carbocycles. The monoisotopic (exact) mass is 570 g/mol. The van der Waals surface area contributed by atoms with E-state index in [1.54, 1.807) is 6.07 Å². The van der Waals surface area contributed by atoms with E-state index >= 15 is 4.39 Å². The van der Waals surface area contributed by atoms with Crippen LogP contribution in [0.4, 0.5) is 15.0 Å². The summed E-state index contributed by atoms with van der Waals surface area (Å²) in [5.74, 6) is 0.00874. The van der Waals surface area contributed by atoms with Gasteiger partial charge in [-0.2, -0.15) is 9.97 Å². The molecule has 3 fully saturated rings. The van der Waals surface area contributed by atoms with Crippen molar-refractivity contribution in [3.63, 3.8) is 0 Å². The number of carbonyl (C=O) groups excluding carboxylic acids is 1. The lowest BCUT2D eigenvalue weighted by Crippen LogP contribution is -2.57. The summed E-state index contributed by atoms with van der Waals surface area (Å²) in [5.41, 5.74) is -0.413. The lowest BCUT2D eigenvalue weighted by atomic mass is 10.1. The number of amides is 1. The van der Waals surface area contributed by atoms with Gasteiger partial charge in [0.15, 0.2) is 5.82 Å². The molecule has 2 bridgehead atoms. The van der Waals surface area contributed by atoms with Gasteiger partial charge < -0.3 is 19.1 Å². The van der Waals surface area contributed by atoms with Crippen LogP contribution >= 0.6 is 27.5 Å². The van der Waals surface area contributed by atoms with Crippen LogP contribution in [0.5, 0.6) is 6.01 Å². The third kappa shape index (κ3) is 5.02. The number of rotatable bonds is 3. The number of benzene rings is 1. The molecule has 11 heteroatoms. The molecule has 190 valence electrons. The van der Waals surface area contributed by atoms with Gasteiger partial charge in [0.05, 0.1) is 34.8 Å². The van der Waals surface area contributed by atoms with E-state index in [9.17, 15) is 4.79 Å². The first-order valence-electron chi connectivity index (χ1n) is 12.0. The van der Waals surface area contributed by atoms with Crippen molar-refractivity contribution in [3.05, 3.63) is 21.4 Å². The van der Waals surface area contributed by atoms with Crippen molar-refractivity contribution in [2.45, 2.75) is 70.2 Å². The minimum atomic E-state index is -0.561. The van der Waals surface area contributed by atoms with Crippen LogP contribution in [0.2, 0.25) is 5.02 Å². The Balaban J connectivity index is 1.49. The Bertz CT molecular complexity index is 1130. The summed E-state index contributed by atoms with van der Waals surface area (Å²) in [5, 5.41) is 0.758. The summed E-state index contributed by atoms with van der Waals surface area (Å²) in [4.78, 5) is 26.0. The van der Waals surface area contributed by atoms with E-state index in [2.05, 4.69) is 25.8 Å². The number of aromatic nitrogens is 2. The average molecular weight is 572 g/mol. The molecule has 3 aliphatic rings. The Kier molecular flexibility index (Phi) is 6.74. The van der Waals surface area contributed by atoms with E-state index in [0.29, 0.717) is 37.5 Å². The van der Waals surface area contributed by atoms with Gasteiger partial charge in [-0.1, -0.05) is 11.6 Å². The zero-order valence-electron chi connectivity index (χ0n) is 20.0. The molecule has 0 unspecified atom stereocenters. The van der Waals surface area contributed by atoms with Crippen molar-refractivity contribution in [2.24, 2.45) is 0 Å². The Labute approximate surface area is 217 Å². The van der Waals surface area contributed by atoms with E-state index in [-0.39, 0.29) is 45.3 Å². The van der Waals surface area contributed by atoms with Gasteiger partial charge in [0.1, 0.15) is 23.0 Å². The highest BCUT2D eigenvalue weighted by Crippen LogP contribution is 2.39. The molecule has 5 rings (SSSR count). The molecule has 1 aromatic heterocycles. The average Bonchev–Trinajstić information content (AvgIpc) is 3.07. The van der Waals surface area contributed by atoms with Gasteiger partial charge in [-0.15, -0.1) is 0 Å². The fourth-order valence-electron chi connectivity index (χ4n) is 5.06. The molecule has 0 N–H and O–H groups in total. The zero-order chi connectivity index (χ0) is 24.9. The standard InChI is InChI=1S/C24H29BrClFN4O4/c1-24(2,3)35-23(32)31-13-4-5-14(31)12-30(11-13)21-16-10-17(26)18(25)19(27)20(16)28-22(29-21)34-15-6-8-33-9-7-15/h10,13-15H,4-9,11-12H2,1-3H3/t13-,14+. The number of fused-ring (bicyclic) bond motifs is 3. The number of anilines is 1. The third-order valence-electron chi connectivity index (χ3n) is 6.61. The van der Waals surface area contributed by atoms with E-state index in [0.717, 1.165) is 25.7 Å². The van der Waals surface area contributed by atoms with Gasteiger partial charge in [0, 0.05) is 31.3 Å². The maximum Gasteiger partial charge on any atom is 0.410 e. The molecular formula is C24H29BrClFN4O4. The molecule has 1 amide bonds. The molecule has 35 heavy (non-hydrogen) atoms. The minimum Gasteiger partial charge on any atom is -0.460 e. The van der Waals surface area contributed by atoms with Crippen LogP contribution in [-0.2, 0) is 9.47 Å². The quantitative estimate of drug-likeness (QED) is 0.461. The number of hydrogen-bond acceptors (Lipinski definition) is 7. The highest BCUT2D eigenvalue weighted by Gasteiger charge is 2.45. The predicted molar refractivity (Wildman–Crippen MR) is 134 cm³/mol. The summed E-state index contributed by atoms with van der Waals surface area (Å²) in [6.07, 6.45) is 2.81. The summed E-state index contributed by atoms with van der Waals surface area (Å²) in [7, 11) is 0. The van der Waals surface area contributed by atoms with Crippen molar-refractivity contribution in [3.8, 4) is 6.01 Å². The van der Waals surface area contributed by atoms with Crippen LogP contribution in [0.3, 0.4) is 0 Å². The fraction of sp³-hybridized carbons (Fsp3) is 0.625. The highest BCUT2D eigenvalue weighted by molar-refractivity contribution is 9.10. The van der Waals surface area contributed by atoms with Crippen LogP contribution in [0.1, 0.15) is 46.5 Å². The SMILES string of the molecule is CC(C)(C)OC(=O)N1[C@@H]2CC[C@H]1CN(c1nc(OC3CCOCC3)nc3c(F)c(Br)c(Cl)cc13)C2. The van der Waals surface area contributed by atoms with E-state index in [1.807, 2.05) is 25.7 Å². The van der Waals surface area contributed by atoms with Crippen molar-refractivity contribution in [2.75, 3.05) is 31.2 Å². The number of ether oxygens (including phenoxy) is 3. The van der Waals surface area contributed by atoms with Crippen molar-refractivity contribution < 1.29 is 23.4 Å². The first-order valence-corrected chi connectivity index (χ1v) is 13.1. The largest absolute Gasteiger partial charge is 0.460 e. The lowest BCUT2D eigenvalue weighted by Gasteiger charge is -2.42. The first kappa shape index (κ1) is 24.8. The van der Waals surface area contributed by atoms with Crippen LogP contribution < -0.4 is 9.64 Å². The second-order valence-corrected chi connectivity index (χ2v) is 11.5. The fourth-order valence-corrected chi connectivity index (χ4v) is 5.56. The number of carbonyl (C=O) groups is 1. The Hall–Kier alpha value is -1.91. The van der Waals surface area contributed by atoms with E-state index in [4.69, 9.17) is 30.8 Å². The molecule has 0 radical (unpaired) electrons. The predicted octanol–water partition coefficient (Wildman–Crippen LogP) is 5.33. The first-order chi connectivity index (χ1) is 16.6. The molecule has 2 aromatic rings. The summed E-state index contributed by atoms with van der Waals surface area (Å²) >= 11 is 9.54. The normalized spacial score (nSPS) is 23.1. The Morgan fingerprint density at radius 3 is 2.46 bits per heavy atom. The molecule has 4 heterocycles. The molecule has 8 nitrogen and oxygen atoms in total. The molecular weight excluding hydrogens is 543 g/mol. The summed E-state index contributed by atoms with van der Waals surface area (Å²) < 4.78 is 32.6. The number of nitrogens with zero attached hydrogens (tertiary/aromatic N) is 4. The molecule has 2 atom stereocenters. The molecule has 0 aliphatic carbocycles. The molecule has 3 aliphatic heterocycles. The van der Waals surface area contributed by atoms with Gasteiger partial charge in [-0.25, -0.2) is 9.18 Å². The van der Waals surface area contributed by atoms with Gasteiger partial charge in [-0.05, 0) is 55.6 Å². The summed E-state index contributed by atoms with van der Waals surface area (Å²) in [6.45, 7) is 7.92. The summed E-state index contributed by atoms with van der Waals surface area (Å²) in [6, 6.07) is 1.77. The van der Waals surface area contributed by atoms with Crippen LogP contribution in [0, 0.1) is 5.82 Å². The van der Waals surface area contributed by atoms with Crippen molar-refractivity contribution in [1.29, 1.82) is 0 Å². The smallest absolute Gasteiger partial charge is 0.410 e. The Morgan fingerprint density at radius 2 is 1.83 bits per heavy atom. The number of hydrogen-bond donors (Lipinski definition) is 0. The van der Waals surface area contributed by atoms with Gasteiger partial charge in [0.2, 0.25) is 0 Å². The topological polar surface area (TPSA) is 77.0 Å². The van der Waals surface area contributed by atoms with Gasteiger partial charge in [-0.3, -0.25) is 4.90 Å². The third-order valence-corrected chi connectivity index (χ3v) is 7.91. The lowest BCUT2D eigenvalue weighted by molar-refractivity contribution is 0.0121. The van der Waals surface area contributed by atoms with Crippen LogP contribution in [0.15, 0.2) is 10.5 Å². The van der Waals surface area contributed by atoms with Crippen molar-refractivity contribution in [1.82, 2.24) is 14.9 Å². The second-order valence-electron chi connectivity index (χ2n) is 10.3. The van der Waals surface area contributed by atoms with Gasteiger partial charge in [0.25, 0.3) is 0 Å². The Morgan fingerprint density at radius 1 is 1.17 bits per heavy atom. The number of halogens is 3. The molecule has 1 aromatic carbocycles. The second kappa shape index (κ2) is 9.52. The molecule has 0 spiro atoms. The minimum absolute atomic E-state index is 0.0238. The maximum atomic E-state index is 15.3. The van der Waals surface area contributed by atoms with E-state index in [1.165, 1.54) is 0 Å².